The average molecular weight is 400 g/mol. The van der Waals surface area contributed by atoms with E-state index in [0.717, 1.165) is 16.7 Å². The van der Waals surface area contributed by atoms with Gasteiger partial charge in [-0.2, -0.15) is 5.26 Å². The summed E-state index contributed by atoms with van der Waals surface area (Å²) in [7, 11) is 0. The summed E-state index contributed by atoms with van der Waals surface area (Å²) in [5, 5.41) is 12.7. The lowest BCUT2D eigenvalue weighted by atomic mass is 10.1. The van der Waals surface area contributed by atoms with Crippen LogP contribution < -0.4 is 10.4 Å². The largest absolute Gasteiger partial charge is 0.494 e. The molecule has 2 aromatic carbocycles. The molecule has 0 bridgehead atoms. The van der Waals surface area contributed by atoms with E-state index in [1.165, 1.54) is 11.3 Å². The van der Waals surface area contributed by atoms with E-state index in [9.17, 15) is 10.1 Å². The van der Waals surface area contributed by atoms with Crippen molar-refractivity contribution in [3.63, 3.8) is 0 Å². The van der Waals surface area contributed by atoms with Crippen molar-refractivity contribution in [3.8, 4) is 23.1 Å². The Morgan fingerprint density at radius 1 is 1.24 bits per heavy atom. The number of para-hydroxylation sites is 1. The Balaban J connectivity index is 1.68. The summed E-state index contributed by atoms with van der Waals surface area (Å²) in [6.45, 7) is 2.53. The van der Waals surface area contributed by atoms with E-state index in [4.69, 9.17) is 9.15 Å². The first-order valence-corrected chi connectivity index (χ1v) is 9.89. The molecule has 0 unspecified atom stereocenters. The molecule has 0 aliphatic heterocycles. The molecule has 0 spiro atoms. The van der Waals surface area contributed by atoms with E-state index < -0.39 is 5.63 Å². The molecule has 0 N–H and O–H groups in total. The summed E-state index contributed by atoms with van der Waals surface area (Å²) in [5.41, 5.74) is 2.25. The number of allylic oxidation sites excluding steroid dienone is 1. The highest BCUT2D eigenvalue weighted by atomic mass is 32.1. The number of nitrogens with zero attached hydrogens (tertiary/aromatic N) is 2. The van der Waals surface area contributed by atoms with Gasteiger partial charge in [-0.3, -0.25) is 0 Å². The lowest BCUT2D eigenvalue weighted by molar-refractivity contribution is 0.340. The normalized spacial score (nSPS) is 11.4. The topological polar surface area (TPSA) is 76.1 Å². The fourth-order valence-corrected chi connectivity index (χ4v) is 3.68. The minimum Gasteiger partial charge on any atom is -0.494 e. The molecule has 0 saturated carbocycles. The molecule has 29 heavy (non-hydrogen) atoms. The van der Waals surface area contributed by atoms with Crippen molar-refractivity contribution >= 4 is 34.0 Å². The van der Waals surface area contributed by atoms with Crippen molar-refractivity contribution in [1.82, 2.24) is 4.98 Å². The molecule has 2 aromatic heterocycles. The Labute approximate surface area is 171 Å². The molecule has 2 heterocycles. The SMILES string of the molecule is CCOc1ccc(/C=C(/C#N)c2nc(-c3cc4ccccc4oc3=O)cs2)cc1. The first-order chi connectivity index (χ1) is 14.2. The molecule has 4 aromatic rings. The Hall–Kier alpha value is -3.69. The van der Waals surface area contributed by atoms with E-state index in [1.54, 1.807) is 23.6 Å². The molecule has 142 valence electrons. The second-order valence-corrected chi connectivity index (χ2v) is 7.05. The number of rotatable bonds is 5. The van der Waals surface area contributed by atoms with Gasteiger partial charge in [-0.1, -0.05) is 30.3 Å². The minimum atomic E-state index is -0.449. The molecule has 0 amide bonds. The van der Waals surface area contributed by atoms with Crippen LogP contribution in [0.25, 0.3) is 33.9 Å². The number of ether oxygens (including phenoxy) is 1. The molecule has 0 radical (unpaired) electrons. The van der Waals surface area contributed by atoms with Gasteiger partial charge in [0.2, 0.25) is 0 Å². The average Bonchev–Trinajstić information content (AvgIpc) is 3.22. The number of fused-ring (bicyclic) bond motifs is 1. The third-order valence-electron chi connectivity index (χ3n) is 4.27. The van der Waals surface area contributed by atoms with Crippen LogP contribution in [0.1, 0.15) is 17.5 Å². The molecular weight excluding hydrogens is 384 g/mol. The van der Waals surface area contributed by atoms with Crippen LogP contribution in [0, 0.1) is 11.3 Å². The molecule has 0 aliphatic carbocycles. The van der Waals surface area contributed by atoms with Gasteiger partial charge < -0.3 is 9.15 Å². The van der Waals surface area contributed by atoms with Crippen LogP contribution in [0.2, 0.25) is 0 Å². The van der Waals surface area contributed by atoms with Crippen molar-refractivity contribution < 1.29 is 9.15 Å². The summed E-state index contributed by atoms with van der Waals surface area (Å²) in [6.07, 6.45) is 1.77. The van der Waals surface area contributed by atoms with Crippen LogP contribution in [0.3, 0.4) is 0 Å². The maximum Gasteiger partial charge on any atom is 0.345 e. The second-order valence-electron chi connectivity index (χ2n) is 6.20. The van der Waals surface area contributed by atoms with E-state index in [0.29, 0.717) is 34.0 Å². The third-order valence-corrected chi connectivity index (χ3v) is 5.15. The lowest BCUT2D eigenvalue weighted by Gasteiger charge is -2.02. The second kappa shape index (κ2) is 8.13. The first kappa shape index (κ1) is 18.7. The standard InChI is InChI=1S/C23H16N2O3S/c1-2-27-18-9-7-15(8-10-18)11-17(13-24)22-25-20(14-29-22)19-12-16-5-3-4-6-21(16)28-23(19)26/h3-12,14H,2H2,1H3/b17-11-. The summed E-state index contributed by atoms with van der Waals surface area (Å²) >= 11 is 1.31. The number of aromatic nitrogens is 1. The maximum absolute atomic E-state index is 12.4. The van der Waals surface area contributed by atoms with Gasteiger partial charge in [-0.15, -0.1) is 11.3 Å². The minimum absolute atomic E-state index is 0.379. The molecule has 4 rings (SSSR count). The smallest absolute Gasteiger partial charge is 0.345 e. The molecule has 6 heteroatoms. The van der Waals surface area contributed by atoms with Crippen LogP contribution in [-0.4, -0.2) is 11.6 Å². The highest BCUT2D eigenvalue weighted by Gasteiger charge is 2.13. The molecular formula is C23H16N2O3S. The van der Waals surface area contributed by atoms with Gasteiger partial charge in [0.1, 0.15) is 22.4 Å². The van der Waals surface area contributed by atoms with Crippen LogP contribution >= 0.6 is 11.3 Å². The van der Waals surface area contributed by atoms with Crippen LogP contribution in [0.4, 0.5) is 0 Å². The Bertz CT molecular complexity index is 1290. The number of nitriles is 1. The van der Waals surface area contributed by atoms with Gasteiger partial charge >= 0.3 is 5.63 Å². The molecule has 0 saturated heterocycles. The highest BCUT2D eigenvalue weighted by Crippen LogP contribution is 2.27. The highest BCUT2D eigenvalue weighted by molar-refractivity contribution is 7.11. The molecule has 0 atom stereocenters. The van der Waals surface area contributed by atoms with Crippen molar-refractivity contribution in [3.05, 3.63) is 81.0 Å². The summed E-state index contributed by atoms with van der Waals surface area (Å²) in [4.78, 5) is 16.9. The summed E-state index contributed by atoms with van der Waals surface area (Å²) in [6, 6.07) is 18.8. The number of benzene rings is 2. The summed E-state index contributed by atoms with van der Waals surface area (Å²) < 4.78 is 10.8. The van der Waals surface area contributed by atoms with E-state index in [1.807, 2.05) is 49.4 Å². The fourth-order valence-electron chi connectivity index (χ4n) is 2.90. The first-order valence-electron chi connectivity index (χ1n) is 9.02. The molecule has 0 fully saturated rings. The van der Waals surface area contributed by atoms with Crippen molar-refractivity contribution in [2.45, 2.75) is 6.92 Å². The molecule has 5 nitrogen and oxygen atoms in total. The predicted octanol–water partition coefficient (Wildman–Crippen LogP) is 5.38. The zero-order chi connectivity index (χ0) is 20.2. The monoisotopic (exact) mass is 400 g/mol. The predicted molar refractivity (Wildman–Crippen MR) is 115 cm³/mol. The Morgan fingerprint density at radius 2 is 2.03 bits per heavy atom. The van der Waals surface area contributed by atoms with Crippen molar-refractivity contribution in [2.75, 3.05) is 6.61 Å². The number of hydrogen-bond donors (Lipinski definition) is 0. The quantitative estimate of drug-likeness (QED) is 0.332. The van der Waals surface area contributed by atoms with Crippen LogP contribution in [0.15, 0.2) is 69.2 Å². The van der Waals surface area contributed by atoms with Gasteiger partial charge in [0, 0.05) is 10.8 Å². The summed E-state index contributed by atoms with van der Waals surface area (Å²) in [5.74, 6) is 0.780. The van der Waals surface area contributed by atoms with Crippen molar-refractivity contribution in [1.29, 1.82) is 5.26 Å². The van der Waals surface area contributed by atoms with Crippen molar-refractivity contribution in [2.24, 2.45) is 0 Å². The van der Waals surface area contributed by atoms with Gasteiger partial charge in [0.25, 0.3) is 0 Å². The Morgan fingerprint density at radius 3 is 2.79 bits per heavy atom. The number of thiazole rings is 1. The van der Waals surface area contributed by atoms with Gasteiger partial charge in [0.05, 0.1) is 23.4 Å². The zero-order valence-electron chi connectivity index (χ0n) is 15.6. The van der Waals surface area contributed by atoms with E-state index in [2.05, 4.69) is 11.1 Å². The number of hydrogen-bond acceptors (Lipinski definition) is 6. The third kappa shape index (κ3) is 3.96. The zero-order valence-corrected chi connectivity index (χ0v) is 16.4. The lowest BCUT2D eigenvalue weighted by Crippen LogP contribution is -2.02. The van der Waals surface area contributed by atoms with Gasteiger partial charge in [-0.25, -0.2) is 9.78 Å². The van der Waals surface area contributed by atoms with Crippen LogP contribution in [-0.2, 0) is 0 Å². The van der Waals surface area contributed by atoms with E-state index in [-0.39, 0.29) is 0 Å². The maximum atomic E-state index is 12.4. The van der Waals surface area contributed by atoms with Gasteiger partial charge in [-0.05, 0) is 42.8 Å². The van der Waals surface area contributed by atoms with Crippen LogP contribution in [0.5, 0.6) is 5.75 Å². The van der Waals surface area contributed by atoms with E-state index >= 15 is 0 Å². The Kier molecular flexibility index (Phi) is 5.23. The van der Waals surface area contributed by atoms with Gasteiger partial charge in [0.15, 0.2) is 0 Å². The molecule has 0 aliphatic rings. The fraction of sp³-hybridized carbons (Fsp3) is 0.0870.